The van der Waals surface area contributed by atoms with Gasteiger partial charge in [0.05, 0.1) is 6.54 Å². The molecule has 8 heteroatoms. The van der Waals surface area contributed by atoms with Crippen LogP contribution in [-0.4, -0.2) is 46.9 Å². The number of nitrogens with zero attached hydrogens (tertiary/aromatic N) is 5. The number of aliphatic imine (C=N–C) groups is 1. The Morgan fingerprint density at radius 1 is 1.28 bits per heavy atom. The molecule has 2 aliphatic heterocycles. The second kappa shape index (κ2) is 10.1. The summed E-state index contributed by atoms with van der Waals surface area (Å²) in [4.78, 5) is 11.4. The molecule has 0 bridgehead atoms. The van der Waals surface area contributed by atoms with Crippen LogP contribution in [0.1, 0.15) is 30.6 Å². The minimum absolute atomic E-state index is 0. The molecule has 156 valence electrons. The van der Waals surface area contributed by atoms with Crippen molar-refractivity contribution in [2.24, 2.45) is 4.99 Å². The number of aryl methyl sites for hydroxylation is 2. The van der Waals surface area contributed by atoms with Gasteiger partial charge in [-0.3, -0.25) is 4.99 Å². The Kier molecular flexibility index (Phi) is 7.51. The molecule has 0 amide bonds. The number of guanidine groups is 1. The van der Waals surface area contributed by atoms with Crippen LogP contribution in [-0.2, 0) is 25.9 Å². The van der Waals surface area contributed by atoms with Crippen LogP contribution >= 0.6 is 24.0 Å². The maximum absolute atomic E-state index is 4.59. The quantitative estimate of drug-likeness (QED) is 0.282. The van der Waals surface area contributed by atoms with Gasteiger partial charge >= 0.3 is 0 Å². The molecular formula is C21H30IN7. The van der Waals surface area contributed by atoms with Gasteiger partial charge in [0.25, 0.3) is 0 Å². The number of halogens is 1. The Bertz CT molecular complexity index is 866. The van der Waals surface area contributed by atoms with Gasteiger partial charge in [-0.2, -0.15) is 5.10 Å². The summed E-state index contributed by atoms with van der Waals surface area (Å²) in [6.07, 6.45) is 7.30. The van der Waals surface area contributed by atoms with Crippen LogP contribution in [0.3, 0.4) is 0 Å². The van der Waals surface area contributed by atoms with E-state index in [9.17, 15) is 0 Å². The molecule has 0 fully saturated rings. The van der Waals surface area contributed by atoms with E-state index in [0.29, 0.717) is 6.04 Å². The van der Waals surface area contributed by atoms with Gasteiger partial charge in [-0.1, -0.05) is 31.2 Å². The number of aromatic nitrogens is 3. The van der Waals surface area contributed by atoms with Gasteiger partial charge in [0, 0.05) is 51.3 Å². The molecule has 7 nitrogen and oxygen atoms in total. The second-order valence-electron chi connectivity index (χ2n) is 7.33. The first-order valence-corrected chi connectivity index (χ1v) is 10.1. The van der Waals surface area contributed by atoms with Crippen LogP contribution in [0, 0.1) is 0 Å². The molecule has 0 radical (unpaired) electrons. The fraction of sp³-hybridized carbons (Fsp3) is 0.476. The topological polar surface area (TPSA) is 70.4 Å². The molecule has 1 unspecified atom stereocenters. The Morgan fingerprint density at radius 2 is 2.10 bits per heavy atom. The SMILES string of the molecule is CCc1nc2n(n1)CC(NC(=NC)NCc1cccc(N3CC=CC3)c1)CC2.I. The first-order chi connectivity index (χ1) is 13.7. The average Bonchev–Trinajstić information content (AvgIpc) is 3.40. The summed E-state index contributed by atoms with van der Waals surface area (Å²) in [7, 11) is 1.82. The van der Waals surface area contributed by atoms with E-state index in [1.54, 1.807) is 0 Å². The number of benzene rings is 1. The summed E-state index contributed by atoms with van der Waals surface area (Å²) in [5.41, 5.74) is 2.52. The van der Waals surface area contributed by atoms with E-state index >= 15 is 0 Å². The zero-order chi connectivity index (χ0) is 19.3. The highest BCUT2D eigenvalue weighted by Gasteiger charge is 2.22. The Balaban J connectivity index is 0.00000240. The number of anilines is 1. The van der Waals surface area contributed by atoms with Gasteiger partial charge in [0.15, 0.2) is 11.8 Å². The van der Waals surface area contributed by atoms with E-state index in [-0.39, 0.29) is 24.0 Å². The molecule has 0 saturated carbocycles. The van der Waals surface area contributed by atoms with Gasteiger partial charge in [0.2, 0.25) is 0 Å². The van der Waals surface area contributed by atoms with Crippen LogP contribution in [0.25, 0.3) is 0 Å². The first-order valence-electron chi connectivity index (χ1n) is 10.1. The van der Waals surface area contributed by atoms with Crippen molar-refractivity contribution in [2.45, 2.75) is 45.3 Å². The average molecular weight is 507 g/mol. The molecule has 1 aromatic heterocycles. The highest BCUT2D eigenvalue weighted by molar-refractivity contribution is 14.0. The molecule has 1 aromatic carbocycles. The van der Waals surface area contributed by atoms with Crippen LogP contribution < -0.4 is 15.5 Å². The Labute approximate surface area is 189 Å². The number of hydrogen-bond donors (Lipinski definition) is 2. The molecule has 1 atom stereocenters. The van der Waals surface area contributed by atoms with E-state index in [1.807, 2.05) is 11.7 Å². The van der Waals surface area contributed by atoms with Gasteiger partial charge < -0.3 is 15.5 Å². The fourth-order valence-corrected chi connectivity index (χ4v) is 3.75. The Hall–Kier alpha value is -2.10. The van der Waals surface area contributed by atoms with Crippen molar-refractivity contribution in [2.75, 3.05) is 25.0 Å². The molecular weight excluding hydrogens is 477 g/mol. The summed E-state index contributed by atoms with van der Waals surface area (Å²) >= 11 is 0. The molecule has 0 spiro atoms. The predicted octanol–water partition coefficient (Wildman–Crippen LogP) is 2.51. The van der Waals surface area contributed by atoms with Gasteiger partial charge in [-0.15, -0.1) is 24.0 Å². The molecule has 3 heterocycles. The lowest BCUT2D eigenvalue weighted by Gasteiger charge is -2.25. The molecule has 0 saturated heterocycles. The van der Waals surface area contributed by atoms with Crippen LogP contribution in [0.15, 0.2) is 41.4 Å². The zero-order valence-electron chi connectivity index (χ0n) is 17.1. The van der Waals surface area contributed by atoms with Crippen LogP contribution in [0.5, 0.6) is 0 Å². The number of fused-ring (bicyclic) bond motifs is 1. The minimum atomic E-state index is 0. The maximum Gasteiger partial charge on any atom is 0.191 e. The summed E-state index contributed by atoms with van der Waals surface area (Å²) in [5.74, 6) is 2.87. The lowest BCUT2D eigenvalue weighted by Crippen LogP contribution is -2.46. The smallest absolute Gasteiger partial charge is 0.191 e. The second-order valence-corrected chi connectivity index (χ2v) is 7.33. The Morgan fingerprint density at radius 3 is 2.86 bits per heavy atom. The monoisotopic (exact) mass is 507 g/mol. The van der Waals surface area contributed by atoms with E-state index in [4.69, 9.17) is 0 Å². The molecule has 4 rings (SSSR count). The zero-order valence-corrected chi connectivity index (χ0v) is 19.5. The number of rotatable bonds is 5. The fourth-order valence-electron chi connectivity index (χ4n) is 3.75. The normalized spacial score (nSPS) is 18.3. The predicted molar refractivity (Wildman–Crippen MR) is 128 cm³/mol. The maximum atomic E-state index is 4.59. The summed E-state index contributed by atoms with van der Waals surface area (Å²) in [6, 6.07) is 9.02. The lowest BCUT2D eigenvalue weighted by molar-refractivity contribution is 0.392. The molecule has 2 aliphatic rings. The standard InChI is InChI=1S/C21H29N7.HI/c1-3-19-25-20-10-9-17(15-28(20)26-19)24-21(22-2)23-14-16-7-6-8-18(13-16)27-11-4-5-12-27;/h4-8,13,17H,3,9-12,14-15H2,1-2H3,(H2,22,23,24);1H. The summed E-state index contributed by atoms with van der Waals surface area (Å²) in [6.45, 7) is 5.66. The van der Waals surface area contributed by atoms with E-state index in [0.717, 1.165) is 63.0 Å². The van der Waals surface area contributed by atoms with Crippen molar-refractivity contribution in [3.8, 4) is 0 Å². The van der Waals surface area contributed by atoms with E-state index < -0.39 is 0 Å². The summed E-state index contributed by atoms with van der Waals surface area (Å²) in [5, 5.41) is 11.6. The van der Waals surface area contributed by atoms with Crippen molar-refractivity contribution >= 4 is 35.6 Å². The van der Waals surface area contributed by atoms with Gasteiger partial charge in [0.1, 0.15) is 5.82 Å². The van der Waals surface area contributed by atoms with Gasteiger partial charge in [-0.05, 0) is 24.1 Å². The lowest BCUT2D eigenvalue weighted by atomic mass is 10.1. The minimum Gasteiger partial charge on any atom is -0.364 e. The third kappa shape index (κ3) is 5.29. The van der Waals surface area contributed by atoms with Crippen molar-refractivity contribution < 1.29 is 0 Å². The molecule has 0 aliphatic carbocycles. The summed E-state index contributed by atoms with van der Waals surface area (Å²) < 4.78 is 2.04. The number of nitrogens with one attached hydrogen (secondary N) is 2. The van der Waals surface area contributed by atoms with Crippen molar-refractivity contribution in [3.63, 3.8) is 0 Å². The third-order valence-electron chi connectivity index (χ3n) is 5.34. The molecule has 2 N–H and O–H groups in total. The highest BCUT2D eigenvalue weighted by atomic mass is 127. The molecule has 29 heavy (non-hydrogen) atoms. The van der Waals surface area contributed by atoms with E-state index in [1.165, 1.54) is 11.3 Å². The molecule has 2 aromatic rings. The van der Waals surface area contributed by atoms with Crippen LogP contribution in [0.2, 0.25) is 0 Å². The van der Waals surface area contributed by atoms with Gasteiger partial charge in [-0.25, -0.2) is 9.67 Å². The number of hydrogen-bond acceptors (Lipinski definition) is 4. The van der Waals surface area contributed by atoms with Crippen LogP contribution in [0.4, 0.5) is 5.69 Å². The van der Waals surface area contributed by atoms with E-state index in [2.05, 4.69) is 73.9 Å². The van der Waals surface area contributed by atoms with Crippen molar-refractivity contribution in [1.29, 1.82) is 0 Å². The van der Waals surface area contributed by atoms with Crippen molar-refractivity contribution in [3.05, 3.63) is 53.6 Å². The highest BCUT2D eigenvalue weighted by Crippen LogP contribution is 2.18. The third-order valence-corrected chi connectivity index (χ3v) is 5.34. The largest absolute Gasteiger partial charge is 0.364 e. The first kappa shape index (κ1) is 21.6. The van der Waals surface area contributed by atoms with Crippen molar-refractivity contribution in [1.82, 2.24) is 25.4 Å².